The topological polar surface area (TPSA) is 35.2 Å². The first-order valence-corrected chi connectivity index (χ1v) is 7.19. The van der Waals surface area contributed by atoms with E-state index in [-0.39, 0.29) is 0 Å². The van der Waals surface area contributed by atoms with Gasteiger partial charge in [-0.05, 0) is 32.2 Å². The highest BCUT2D eigenvalue weighted by atomic mass is 15.2. The number of aryl methyl sites for hydroxylation is 1. The summed E-state index contributed by atoms with van der Waals surface area (Å²) in [6.07, 6.45) is 1.96. The first-order chi connectivity index (χ1) is 9.72. The van der Waals surface area contributed by atoms with Gasteiger partial charge in [0.15, 0.2) is 0 Å². The summed E-state index contributed by atoms with van der Waals surface area (Å²) in [6.45, 7) is 7.36. The Morgan fingerprint density at radius 3 is 2.60 bits per heavy atom. The maximum absolute atomic E-state index is 9.21. The third-order valence-electron chi connectivity index (χ3n) is 4.20. The molecule has 0 saturated carbocycles. The van der Waals surface area contributed by atoms with Crippen molar-refractivity contribution in [2.24, 2.45) is 0 Å². The molecule has 0 spiro atoms. The lowest BCUT2D eigenvalue weighted by Gasteiger charge is -2.34. The summed E-state index contributed by atoms with van der Waals surface area (Å²) in [5.41, 5.74) is 3.20. The molecule has 1 aromatic carbocycles. The van der Waals surface area contributed by atoms with Gasteiger partial charge in [0, 0.05) is 50.0 Å². The molecule has 20 heavy (non-hydrogen) atoms. The molecular formula is C16H20N4. The van der Waals surface area contributed by atoms with Gasteiger partial charge in [0.2, 0.25) is 0 Å². The molecule has 1 fully saturated rings. The minimum Gasteiger partial charge on any atom is -0.369 e. The smallest absolute Gasteiger partial charge is 0.101 e. The molecule has 1 saturated heterocycles. The van der Waals surface area contributed by atoms with Crippen LogP contribution in [0.5, 0.6) is 0 Å². The lowest BCUT2D eigenvalue weighted by molar-refractivity contribution is 0.313. The molecule has 0 aliphatic carbocycles. The van der Waals surface area contributed by atoms with Crippen molar-refractivity contribution in [3.63, 3.8) is 0 Å². The molecule has 104 valence electrons. The van der Waals surface area contributed by atoms with Gasteiger partial charge < -0.3 is 14.4 Å². The minimum atomic E-state index is 0.770. The third-order valence-corrected chi connectivity index (χ3v) is 4.20. The monoisotopic (exact) mass is 268 g/mol. The number of hydrogen-bond acceptors (Lipinski definition) is 3. The maximum Gasteiger partial charge on any atom is 0.101 e. The quantitative estimate of drug-likeness (QED) is 0.838. The Kier molecular flexibility index (Phi) is 3.37. The van der Waals surface area contributed by atoms with Gasteiger partial charge in [0.05, 0.1) is 11.1 Å². The molecule has 3 rings (SSSR count). The van der Waals surface area contributed by atoms with E-state index in [1.54, 1.807) is 0 Å². The van der Waals surface area contributed by atoms with Crippen LogP contribution < -0.4 is 4.90 Å². The molecule has 0 unspecified atom stereocenters. The number of hydrogen-bond donors (Lipinski definition) is 0. The van der Waals surface area contributed by atoms with Gasteiger partial charge >= 0.3 is 0 Å². The zero-order valence-electron chi connectivity index (χ0n) is 12.1. The molecule has 1 aliphatic heterocycles. The van der Waals surface area contributed by atoms with E-state index in [9.17, 15) is 5.26 Å². The average molecular weight is 268 g/mol. The van der Waals surface area contributed by atoms with Crippen LogP contribution in [-0.4, -0.2) is 42.7 Å². The van der Waals surface area contributed by atoms with Gasteiger partial charge in [0.25, 0.3) is 0 Å². The van der Waals surface area contributed by atoms with Crippen LogP contribution in [0.25, 0.3) is 10.9 Å². The number of aromatic nitrogens is 1. The molecule has 1 aliphatic rings. The predicted octanol–water partition coefficient (Wildman–Crippen LogP) is 2.28. The number of rotatable bonds is 2. The number of benzene rings is 1. The Labute approximate surface area is 119 Å². The van der Waals surface area contributed by atoms with Crippen LogP contribution in [0, 0.1) is 11.3 Å². The minimum absolute atomic E-state index is 0.770. The summed E-state index contributed by atoms with van der Waals surface area (Å²) in [7, 11) is 2.17. The molecule has 4 heteroatoms. The Balaban J connectivity index is 2.00. The molecule has 0 radical (unpaired) electrons. The summed E-state index contributed by atoms with van der Waals surface area (Å²) >= 11 is 0. The molecule has 1 aromatic heterocycles. The van der Waals surface area contributed by atoms with E-state index >= 15 is 0 Å². The highest BCUT2D eigenvalue weighted by Crippen LogP contribution is 2.26. The van der Waals surface area contributed by atoms with Gasteiger partial charge in [0.1, 0.15) is 6.07 Å². The maximum atomic E-state index is 9.21. The first kappa shape index (κ1) is 13.0. The zero-order valence-corrected chi connectivity index (χ0v) is 12.1. The summed E-state index contributed by atoms with van der Waals surface area (Å²) in [5.74, 6) is 0. The number of nitrogens with zero attached hydrogens (tertiary/aromatic N) is 4. The highest BCUT2D eigenvalue weighted by Gasteiger charge is 2.16. The van der Waals surface area contributed by atoms with Gasteiger partial charge in [-0.3, -0.25) is 0 Å². The largest absolute Gasteiger partial charge is 0.369 e. The Hall–Kier alpha value is -1.99. The van der Waals surface area contributed by atoms with E-state index in [1.807, 2.05) is 6.20 Å². The Bertz CT molecular complexity index is 657. The Morgan fingerprint density at radius 2 is 1.95 bits per heavy atom. The van der Waals surface area contributed by atoms with Crippen molar-refractivity contribution >= 4 is 16.6 Å². The highest BCUT2D eigenvalue weighted by molar-refractivity contribution is 5.89. The molecule has 4 nitrogen and oxygen atoms in total. The van der Waals surface area contributed by atoms with Gasteiger partial charge in [-0.25, -0.2) is 0 Å². The van der Waals surface area contributed by atoms with Crippen LogP contribution in [0.2, 0.25) is 0 Å². The number of anilines is 1. The summed E-state index contributed by atoms with van der Waals surface area (Å²) in [6, 6.07) is 8.75. The van der Waals surface area contributed by atoms with Gasteiger partial charge in [-0.15, -0.1) is 0 Å². The van der Waals surface area contributed by atoms with Crippen LogP contribution >= 0.6 is 0 Å². The molecule has 0 bridgehead atoms. The fraction of sp³-hybridized carbons (Fsp3) is 0.438. The fourth-order valence-electron chi connectivity index (χ4n) is 2.89. The van der Waals surface area contributed by atoms with Crippen molar-refractivity contribution < 1.29 is 0 Å². The molecule has 2 aromatic rings. The van der Waals surface area contributed by atoms with Crippen LogP contribution in [0.15, 0.2) is 24.4 Å². The second-order valence-electron chi connectivity index (χ2n) is 5.43. The van der Waals surface area contributed by atoms with Crippen molar-refractivity contribution in [2.75, 3.05) is 38.1 Å². The first-order valence-electron chi connectivity index (χ1n) is 7.19. The summed E-state index contributed by atoms with van der Waals surface area (Å²) < 4.78 is 2.16. The van der Waals surface area contributed by atoms with E-state index < -0.39 is 0 Å². The van der Waals surface area contributed by atoms with E-state index in [4.69, 9.17) is 0 Å². The lowest BCUT2D eigenvalue weighted by atomic mass is 10.1. The van der Waals surface area contributed by atoms with E-state index in [2.05, 4.69) is 52.6 Å². The van der Waals surface area contributed by atoms with Gasteiger partial charge in [-0.2, -0.15) is 5.26 Å². The molecule has 2 heterocycles. The second kappa shape index (κ2) is 5.18. The Morgan fingerprint density at radius 1 is 1.20 bits per heavy atom. The van der Waals surface area contributed by atoms with E-state index in [0.717, 1.165) is 43.7 Å². The number of piperazine rings is 1. The normalized spacial score (nSPS) is 16.6. The van der Waals surface area contributed by atoms with E-state index in [1.165, 1.54) is 11.2 Å². The molecule has 0 N–H and O–H groups in total. The van der Waals surface area contributed by atoms with Crippen LogP contribution in [0.1, 0.15) is 12.5 Å². The predicted molar refractivity (Wildman–Crippen MR) is 82.0 cm³/mol. The van der Waals surface area contributed by atoms with Gasteiger partial charge in [-0.1, -0.05) is 0 Å². The lowest BCUT2D eigenvalue weighted by Crippen LogP contribution is -2.44. The van der Waals surface area contributed by atoms with Crippen molar-refractivity contribution in [1.82, 2.24) is 9.47 Å². The molecule has 0 amide bonds. The summed E-state index contributed by atoms with van der Waals surface area (Å²) in [4.78, 5) is 4.79. The van der Waals surface area contributed by atoms with Crippen molar-refractivity contribution in [3.05, 3.63) is 30.0 Å². The molecule has 0 atom stereocenters. The molecular weight excluding hydrogens is 248 g/mol. The second-order valence-corrected chi connectivity index (χ2v) is 5.43. The zero-order chi connectivity index (χ0) is 14.1. The summed E-state index contributed by atoms with van der Waals surface area (Å²) in [5, 5.41) is 10.3. The number of nitriles is 1. The SMILES string of the molecule is CCn1cc(C#N)c2ccc(N3CCN(C)CC3)cc21. The van der Waals surface area contributed by atoms with Crippen LogP contribution in [0.3, 0.4) is 0 Å². The standard InChI is InChI=1S/C16H20N4/c1-3-19-12-13(11-17)15-5-4-14(10-16(15)19)20-8-6-18(2)7-9-20/h4-5,10,12H,3,6-9H2,1-2H3. The average Bonchev–Trinajstić information content (AvgIpc) is 2.85. The number of likely N-dealkylation sites (N-methyl/N-ethyl adjacent to an activating group) is 1. The van der Waals surface area contributed by atoms with Crippen molar-refractivity contribution in [2.45, 2.75) is 13.5 Å². The fourth-order valence-corrected chi connectivity index (χ4v) is 2.89. The van der Waals surface area contributed by atoms with Crippen LogP contribution in [0.4, 0.5) is 5.69 Å². The third kappa shape index (κ3) is 2.14. The van der Waals surface area contributed by atoms with Crippen molar-refractivity contribution in [1.29, 1.82) is 5.26 Å². The van der Waals surface area contributed by atoms with Crippen molar-refractivity contribution in [3.8, 4) is 6.07 Å². The van der Waals surface area contributed by atoms with Crippen LogP contribution in [-0.2, 0) is 6.54 Å². The van der Waals surface area contributed by atoms with E-state index in [0.29, 0.717) is 0 Å². The number of fused-ring (bicyclic) bond motifs is 1.